The third-order valence-corrected chi connectivity index (χ3v) is 3.42. The van der Waals surface area contributed by atoms with Crippen molar-refractivity contribution in [1.29, 1.82) is 0 Å². The molecule has 0 atom stereocenters. The Morgan fingerprint density at radius 2 is 2.04 bits per heavy atom. The van der Waals surface area contributed by atoms with E-state index in [4.69, 9.17) is 5.73 Å². The predicted octanol–water partition coefficient (Wildman–Crippen LogP) is 1.75. The van der Waals surface area contributed by atoms with Crippen LogP contribution < -0.4 is 16.4 Å². The van der Waals surface area contributed by atoms with Crippen LogP contribution in [0.1, 0.15) is 29.3 Å². The smallest absolute Gasteiger partial charge is 0.248 e. The average molecular weight is 456 g/mol. The van der Waals surface area contributed by atoms with Gasteiger partial charge in [-0.1, -0.05) is 12.1 Å². The van der Waals surface area contributed by atoms with Gasteiger partial charge >= 0.3 is 0 Å². The number of nitrogens with zero attached hydrogens (tertiary/aromatic N) is 3. The highest BCUT2D eigenvalue weighted by Crippen LogP contribution is 2.05. The van der Waals surface area contributed by atoms with Gasteiger partial charge in [-0.3, -0.25) is 9.48 Å². The van der Waals surface area contributed by atoms with Gasteiger partial charge in [0, 0.05) is 37.6 Å². The first kappa shape index (κ1) is 20.9. The number of amides is 1. The van der Waals surface area contributed by atoms with Crippen molar-refractivity contribution >= 4 is 35.8 Å². The van der Waals surface area contributed by atoms with E-state index in [1.54, 1.807) is 18.3 Å². The number of hydrogen-bond acceptors (Lipinski definition) is 3. The molecule has 0 radical (unpaired) electrons. The number of carbonyl (C=O) groups is 1. The molecule has 136 valence electrons. The van der Waals surface area contributed by atoms with Gasteiger partial charge in [-0.15, -0.1) is 24.0 Å². The van der Waals surface area contributed by atoms with Gasteiger partial charge in [0.05, 0.1) is 6.54 Å². The van der Waals surface area contributed by atoms with Crippen LogP contribution in [0.5, 0.6) is 0 Å². The Balaban J connectivity index is 0.00000312. The number of hydrogen-bond donors (Lipinski definition) is 3. The van der Waals surface area contributed by atoms with Crippen molar-refractivity contribution in [2.24, 2.45) is 10.7 Å². The van der Waals surface area contributed by atoms with E-state index in [1.165, 1.54) is 0 Å². The number of guanidine groups is 1. The number of nitrogens with one attached hydrogen (secondary N) is 2. The Morgan fingerprint density at radius 1 is 1.28 bits per heavy atom. The maximum Gasteiger partial charge on any atom is 0.248 e. The number of nitrogens with two attached hydrogens (primary N) is 1. The Hall–Kier alpha value is -2.10. The minimum Gasteiger partial charge on any atom is -0.366 e. The third-order valence-electron chi connectivity index (χ3n) is 3.42. The van der Waals surface area contributed by atoms with E-state index >= 15 is 0 Å². The average Bonchev–Trinajstić information content (AvgIpc) is 3.10. The third kappa shape index (κ3) is 7.55. The molecule has 2 aromatic rings. The molecule has 0 unspecified atom stereocenters. The molecule has 0 spiro atoms. The molecule has 8 heteroatoms. The summed E-state index contributed by atoms with van der Waals surface area (Å²) in [6.07, 6.45) is 4.69. The minimum atomic E-state index is -0.419. The lowest BCUT2D eigenvalue weighted by Crippen LogP contribution is -2.38. The fourth-order valence-corrected chi connectivity index (χ4v) is 2.17. The summed E-state index contributed by atoms with van der Waals surface area (Å²) in [4.78, 5) is 15.6. The molecule has 1 aromatic carbocycles. The van der Waals surface area contributed by atoms with Crippen LogP contribution >= 0.6 is 24.0 Å². The first-order chi connectivity index (χ1) is 11.7. The molecule has 0 saturated carbocycles. The second kappa shape index (κ2) is 11.5. The molecule has 0 aliphatic carbocycles. The van der Waals surface area contributed by atoms with Crippen molar-refractivity contribution in [3.8, 4) is 0 Å². The van der Waals surface area contributed by atoms with Gasteiger partial charge in [0.15, 0.2) is 5.96 Å². The Morgan fingerprint density at radius 3 is 2.64 bits per heavy atom. The molecule has 7 nitrogen and oxygen atoms in total. The molecule has 2 rings (SSSR count). The molecule has 0 saturated heterocycles. The van der Waals surface area contributed by atoms with E-state index in [0.29, 0.717) is 12.1 Å². The standard InChI is InChI=1S/C17H24N6O.HI/c1-2-19-17(20-9-3-11-23-12-4-10-22-23)21-13-14-5-7-15(8-6-14)16(18)24;/h4-8,10,12H,2-3,9,11,13H2,1H3,(H2,18,24)(H2,19,20,21);1H. The van der Waals surface area contributed by atoms with Gasteiger partial charge in [-0.05, 0) is 37.1 Å². The first-order valence-electron chi connectivity index (χ1n) is 8.07. The van der Waals surface area contributed by atoms with Crippen LogP contribution in [0, 0.1) is 0 Å². The quantitative estimate of drug-likeness (QED) is 0.244. The van der Waals surface area contributed by atoms with Crippen molar-refractivity contribution in [3.63, 3.8) is 0 Å². The highest BCUT2D eigenvalue weighted by Gasteiger charge is 2.01. The normalized spacial score (nSPS) is 10.8. The number of halogens is 1. The van der Waals surface area contributed by atoms with Crippen molar-refractivity contribution in [3.05, 3.63) is 53.9 Å². The molecule has 25 heavy (non-hydrogen) atoms. The molecule has 0 aliphatic rings. The zero-order chi connectivity index (χ0) is 17.2. The molecule has 0 bridgehead atoms. The molecular formula is C17H25IN6O. The summed E-state index contributed by atoms with van der Waals surface area (Å²) in [5, 5.41) is 10.7. The zero-order valence-electron chi connectivity index (χ0n) is 14.3. The van der Waals surface area contributed by atoms with Crippen molar-refractivity contribution in [1.82, 2.24) is 20.4 Å². The highest BCUT2D eigenvalue weighted by atomic mass is 127. The van der Waals surface area contributed by atoms with E-state index in [2.05, 4.69) is 20.7 Å². The van der Waals surface area contributed by atoms with Crippen LogP contribution in [0.3, 0.4) is 0 Å². The number of aryl methyl sites for hydroxylation is 1. The topological polar surface area (TPSA) is 97.3 Å². The predicted molar refractivity (Wildman–Crippen MR) is 110 cm³/mol. The van der Waals surface area contributed by atoms with Crippen LogP contribution in [0.15, 0.2) is 47.7 Å². The van der Waals surface area contributed by atoms with E-state index in [-0.39, 0.29) is 24.0 Å². The number of aromatic nitrogens is 2. The van der Waals surface area contributed by atoms with Crippen molar-refractivity contribution < 1.29 is 4.79 Å². The molecule has 1 heterocycles. The van der Waals surface area contributed by atoms with E-state index in [9.17, 15) is 4.79 Å². The number of primary amides is 1. The van der Waals surface area contributed by atoms with Gasteiger partial charge in [0.1, 0.15) is 0 Å². The summed E-state index contributed by atoms with van der Waals surface area (Å²) in [5.41, 5.74) is 6.76. The number of aliphatic imine (C=N–C) groups is 1. The summed E-state index contributed by atoms with van der Waals surface area (Å²) < 4.78 is 1.91. The van der Waals surface area contributed by atoms with Gasteiger partial charge < -0.3 is 16.4 Å². The highest BCUT2D eigenvalue weighted by molar-refractivity contribution is 14.0. The maximum absolute atomic E-state index is 11.1. The Bertz CT molecular complexity index is 654. The maximum atomic E-state index is 11.1. The lowest BCUT2D eigenvalue weighted by Gasteiger charge is -2.11. The summed E-state index contributed by atoms with van der Waals surface area (Å²) >= 11 is 0. The number of rotatable bonds is 8. The van der Waals surface area contributed by atoms with Gasteiger partial charge in [-0.2, -0.15) is 5.10 Å². The number of benzene rings is 1. The molecule has 4 N–H and O–H groups in total. The second-order valence-corrected chi connectivity index (χ2v) is 5.31. The van der Waals surface area contributed by atoms with Gasteiger partial charge in [0.2, 0.25) is 5.91 Å². The lowest BCUT2D eigenvalue weighted by molar-refractivity contribution is 0.100. The fraction of sp³-hybridized carbons (Fsp3) is 0.353. The van der Waals surface area contributed by atoms with Crippen LogP contribution in [-0.4, -0.2) is 34.7 Å². The van der Waals surface area contributed by atoms with E-state index in [1.807, 2.05) is 36.0 Å². The van der Waals surface area contributed by atoms with Gasteiger partial charge in [0.25, 0.3) is 0 Å². The second-order valence-electron chi connectivity index (χ2n) is 5.31. The molecule has 0 aliphatic heterocycles. The van der Waals surface area contributed by atoms with Crippen LogP contribution in [0.2, 0.25) is 0 Å². The summed E-state index contributed by atoms with van der Waals surface area (Å²) in [6.45, 7) is 5.04. The number of carbonyl (C=O) groups excluding carboxylic acids is 1. The summed E-state index contributed by atoms with van der Waals surface area (Å²) in [5.74, 6) is 0.356. The Labute approximate surface area is 165 Å². The van der Waals surface area contributed by atoms with Crippen molar-refractivity contribution in [2.45, 2.75) is 26.4 Å². The molecule has 0 fully saturated rings. The van der Waals surface area contributed by atoms with Crippen LogP contribution in [0.25, 0.3) is 0 Å². The largest absolute Gasteiger partial charge is 0.366 e. The van der Waals surface area contributed by atoms with E-state index < -0.39 is 5.91 Å². The Kier molecular flexibility index (Phi) is 9.60. The molecular weight excluding hydrogens is 431 g/mol. The monoisotopic (exact) mass is 456 g/mol. The van der Waals surface area contributed by atoms with Gasteiger partial charge in [-0.25, -0.2) is 4.99 Å². The van der Waals surface area contributed by atoms with Crippen molar-refractivity contribution in [2.75, 3.05) is 13.1 Å². The summed E-state index contributed by atoms with van der Waals surface area (Å²) in [6, 6.07) is 9.09. The zero-order valence-corrected chi connectivity index (χ0v) is 16.6. The lowest BCUT2D eigenvalue weighted by atomic mass is 10.1. The van der Waals surface area contributed by atoms with E-state index in [0.717, 1.165) is 37.6 Å². The molecule has 1 amide bonds. The first-order valence-corrected chi connectivity index (χ1v) is 8.07. The minimum absolute atomic E-state index is 0. The van der Waals surface area contributed by atoms with Crippen LogP contribution in [-0.2, 0) is 13.1 Å². The fourth-order valence-electron chi connectivity index (χ4n) is 2.17. The molecule has 1 aromatic heterocycles. The summed E-state index contributed by atoms with van der Waals surface area (Å²) in [7, 11) is 0. The van der Waals surface area contributed by atoms with Crippen LogP contribution in [0.4, 0.5) is 0 Å². The SMILES string of the molecule is CCNC(=NCc1ccc(C(N)=O)cc1)NCCCn1cccn1.I.